The zero-order chi connectivity index (χ0) is 18.7. The molecule has 7 nitrogen and oxygen atoms in total. The molecule has 1 aliphatic heterocycles. The van der Waals surface area contributed by atoms with Crippen molar-refractivity contribution in [1.29, 1.82) is 0 Å². The fourth-order valence-corrected chi connectivity index (χ4v) is 4.79. The molecule has 1 unspecified atom stereocenters. The highest BCUT2D eigenvalue weighted by Gasteiger charge is 2.32. The number of hydrogen-bond donors (Lipinski definition) is 1. The first kappa shape index (κ1) is 20.1. The Balaban J connectivity index is 2.04. The number of nitrogens with one attached hydrogen (secondary N) is 1. The van der Waals surface area contributed by atoms with E-state index in [1.807, 2.05) is 6.92 Å². The minimum atomic E-state index is -3.59. The number of benzene rings is 1. The molecule has 1 aliphatic rings. The monoisotopic (exact) mass is 388 g/mol. The lowest BCUT2D eigenvalue weighted by Crippen LogP contribution is -2.32. The summed E-state index contributed by atoms with van der Waals surface area (Å²) >= 11 is 0. The van der Waals surface area contributed by atoms with Crippen molar-refractivity contribution in [2.24, 2.45) is 5.92 Å². The lowest BCUT2D eigenvalue weighted by atomic mass is 10.1. The Morgan fingerprint density at radius 2 is 1.96 bits per heavy atom. The van der Waals surface area contributed by atoms with Crippen LogP contribution >= 0.6 is 0 Å². The van der Waals surface area contributed by atoms with Gasteiger partial charge in [-0.05, 0) is 37.0 Å². The molecule has 2 rings (SSSR count). The number of rotatable bonds is 8. The summed E-state index contributed by atoms with van der Waals surface area (Å²) in [5.74, 6) is -0.0581. The maximum atomic E-state index is 12.7. The van der Waals surface area contributed by atoms with Crippen LogP contribution in [0.2, 0.25) is 0 Å². The van der Waals surface area contributed by atoms with Gasteiger partial charge in [-0.25, -0.2) is 21.6 Å². The Kier molecular flexibility index (Phi) is 6.39. The summed E-state index contributed by atoms with van der Waals surface area (Å²) in [5, 5.41) is 0.846. The summed E-state index contributed by atoms with van der Waals surface area (Å²) in [7, 11) is -5.48. The number of ether oxygens (including phenoxy) is 1. The fraction of sp³-hybridized carbons (Fsp3) is 0.500. The van der Waals surface area contributed by atoms with Gasteiger partial charge in [0.15, 0.2) is 0 Å². The molecule has 1 aromatic rings. The molecule has 1 saturated heterocycles. The van der Waals surface area contributed by atoms with Gasteiger partial charge in [0.25, 0.3) is 0 Å². The molecule has 0 spiro atoms. The second kappa shape index (κ2) is 7.96. The van der Waals surface area contributed by atoms with Crippen LogP contribution in [0.4, 0.5) is 0 Å². The summed E-state index contributed by atoms with van der Waals surface area (Å²) in [5.41, 5.74) is 0.902. The highest BCUT2D eigenvalue weighted by atomic mass is 32.2. The van der Waals surface area contributed by atoms with E-state index in [1.165, 1.54) is 4.31 Å². The van der Waals surface area contributed by atoms with E-state index >= 15 is 0 Å². The van der Waals surface area contributed by atoms with Crippen LogP contribution in [-0.4, -0.2) is 47.9 Å². The van der Waals surface area contributed by atoms with Gasteiger partial charge in [-0.15, -0.1) is 0 Å². The Morgan fingerprint density at radius 1 is 1.32 bits per heavy atom. The van der Waals surface area contributed by atoms with Crippen molar-refractivity contribution < 1.29 is 21.6 Å². The van der Waals surface area contributed by atoms with E-state index in [-0.39, 0.29) is 30.0 Å². The standard InChI is InChI=1S/C16H24N2O5S2/c1-4-24(19,20)17-11-14-9-10-18(12-14)25(21,22)16-7-5-15(6-8-16)13(2)23-3/h4-8,13-14,17H,1,9-12H2,2-3H3/t13?,14-/m1/s1. The molecule has 1 aromatic carbocycles. The van der Waals surface area contributed by atoms with Gasteiger partial charge in [0, 0.05) is 32.2 Å². The maximum Gasteiger partial charge on any atom is 0.243 e. The van der Waals surface area contributed by atoms with Gasteiger partial charge >= 0.3 is 0 Å². The van der Waals surface area contributed by atoms with E-state index in [2.05, 4.69) is 11.3 Å². The Morgan fingerprint density at radius 3 is 2.52 bits per heavy atom. The number of hydrogen-bond acceptors (Lipinski definition) is 5. The minimum absolute atomic E-state index is 0.0581. The molecule has 0 saturated carbocycles. The third-order valence-corrected chi connectivity index (χ3v) is 7.27. The van der Waals surface area contributed by atoms with Gasteiger partial charge in [0.1, 0.15) is 0 Å². The summed E-state index contributed by atoms with van der Waals surface area (Å²) in [6.45, 7) is 5.98. The van der Waals surface area contributed by atoms with Crippen LogP contribution in [0.25, 0.3) is 0 Å². The molecule has 25 heavy (non-hydrogen) atoms. The lowest BCUT2D eigenvalue weighted by Gasteiger charge is -2.17. The van der Waals surface area contributed by atoms with E-state index in [0.29, 0.717) is 13.0 Å². The summed E-state index contributed by atoms with van der Waals surface area (Å²) in [6.07, 6.45) is 0.503. The summed E-state index contributed by atoms with van der Waals surface area (Å²) in [4.78, 5) is 0.229. The molecule has 0 radical (unpaired) electrons. The number of nitrogens with zero attached hydrogens (tertiary/aromatic N) is 1. The van der Waals surface area contributed by atoms with Crippen LogP contribution in [-0.2, 0) is 24.8 Å². The fourth-order valence-electron chi connectivity index (χ4n) is 2.67. The van der Waals surface area contributed by atoms with Gasteiger partial charge in [-0.3, -0.25) is 0 Å². The van der Waals surface area contributed by atoms with Crippen molar-refractivity contribution in [3.63, 3.8) is 0 Å². The SMILES string of the molecule is C=CS(=O)(=O)NC[C@H]1CCN(S(=O)(=O)c2ccc(C(C)OC)cc2)C1. The quantitative estimate of drug-likeness (QED) is 0.728. The van der Waals surface area contributed by atoms with E-state index in [4.69, 9.17) is 4.74 Å². The average molecular weight is 389 g/mol. The third kappa shape index (κ3) is 4.89. The molecule has 140 valence electrons. The zero-order valence-electron chi connectivity index (χ0n) is 14.4. The zero-order valence-corrected chi connectivity index (χ0v) is 16.0. The Bertz CT molecular complexity index is 803. The molecule has 0 aromatic heterocycles. The van der Waals surface area contributed by atoms with E-state index in [0.717, 1.165) is 11.0 Å². The van der Waals surface area contributed by atoms with Gasteiger partial charge in [0.05, 0.1) is 11.0 Å². The Labute approximate surface area is 149 Å². The number of methoxy groups -OCH3 is 1. The second-order valence-electron chi connectivity index (χ2n) is 6.02. The van der Waals surface area contributed by atoms with Gasteiger partial charge in [-0.1, -0.05) is 18.7 Å². The van der Waals surface area contributed by atoms with Crippen molar-refractivity contribution in [2.75, 3.05) is 26.7 Å². The molecular formula is C16H24N2O5S2. The van der Waals surface area contributed by atoms with Crippen molar-refractivity contribution in [1.82, 2.24) is 9.03 Å². The van der Waals surface area contributed by atoms with Crippen molar-refractivity contribution in [3.05, 3.63) is 41.8 Å². The van der Waals surface area contributed by atoms with Crippen molar-refractivity contribution in [3.8, 4) is 0 Å². The smallest absolute Gasteiger partial charge is 0.243 e. The lowest BCUT2D eigenvalue weighted by molar-refractivity contribution is 0.119. The topological polar surface area (TPSA) is 92.8 Å². The molecule has 1 heterocycles. The van der Waals surface area contributed by atoms with Crippen LogP contribution in [0.5, 0.6) is 0 Å². The normalized spacial score (nSPS) is 20.5. The first-order valence-electron chi connectivity index (χ1n) is 7.94. The van der Waals surface area contributed by atoms with Crippen LogP contribution < -0.4 is 4.72 Å². The van der Waals surface area contributed by atoms with Gasteiger partial charge < -0.3 is 4.74 Å². The third-order valence-electron chi connectivity index (χ3n) is 4.38. The summed E-state index contributed by atoms with van der Waals surface area (Å²) < 4.78 is 57.3. The molecule has 2 atom stereocenters. The van der Waals surface area contributed by atoms with Gasteiger partial charge in [0.2, 0.25) is 20.0 Å². The maximum absolute atomic E-state index is 12.7. The van der Waals surface area contributed by atoms with Crippen LogP contribution in [0.3, 0.4) is 0 Å². The van der Waals surface area contributed by atoms with E-state index in [1.54, 1.807) is 31.4 Å². The largest absolute Gasteiger partial charge is 0.377 e. The van der Waals surface area contributed by atoms with Crippen molar-refractivity contribution >= 4 is 20.0 Å². The highest BCUT2D eigenvalue weighted by Crippen LogP contribution is 2.25. The van der Waals surface area contributed by atoms with E-state index in [9.17, 15) is 16.8 Å². The predicted octanol–water partition coefficient (Wildman–Crippen LogP) is 1.47. The molecule has 1 fully saturated rings. The minimum Gasteiger partial charge on any atom is -0.377 e. The van der Waals surface area contributed by atoms with Gasteiger partial charge in [-0.2, -0.15) is 4.31 Å². The Hall–Kier alpha value is -1.26. The predicted molar refractivity (Wildman–Crippen MR) is 95.9 cm³/mol. The first-order chi connectivity index (χ1) is 11.7. The second-order valence-corrected chi connectivity index (χ2v) is 9.67. The molecule has 0 amide bonds. The average Bonchev–Trinajstić information content (AvgIpc) is 3.09. The first-order valence-corrected chi connectivity index (χ1v) is 10.9. The molecule has 1 N–H and O–H groups in total. The molecule has 9 heteroatoms. The molecule has 0 aliphatic carbocycles. The highest BCUT2D eigenvalue weighted by molar-refractivity contribution is 7.92. The van der Waals surface area contributed by atoms with Crippen LogP contribution in [0.15, 0.2) is 41.1 Å². The van der Waals surface area contributed by atoms with Crippen LogP contribution in [0, 0.1) is 5.92 Å². The van der Waals surface area contributed by atoms with E-state index < -0.39 is 20.0 Å². The molecular weight excluding hydrogens is 364 g/mol. The molecule has 0 bridgehead atoms. The number of sulfonamides is 2. The van der Waals surface area contributed by atoms with Crippen molar-refractivity contribution in [2.45, 2.75) is 24.3 Å². The van der Waals surface area contributed by atoms with Crippen LogP contribution in [0.1, 0.15) is 25.0 Å². The summed E-state index contributed by atoms with van der Waals surface area (Å²) in [6, 6.07) is 6.64.